The standard InChI is InChI=1S/C46H63N5/c1-10-19-20-21-24-37-43-33(15-6)29(11-2)39(48-43)27-41-31(13-4)35(17-8)45(50-41)38(25-22-23-26-47)46-36(18-9)32(14-5)42(51-46)28-40-30(12-3)34(16-7)44(37)49-40/h27-28,50-51H,10-25H2,1-9H3. The molecule has 5 rings (SSSR count). The second-order valence-corrected chi connectivity index (χ2v) is 14.2. The van der Waals surface area contributed by atoms with E-state index in [-0.39, 0.29) is 0 Å². The van der Waals surface area contributed by atoms with Crippen LogP contribution >= 0.6 is 0 Å². The molecular formula is C46H63N5. The monoisotopic (exact) mass is 686 g/mol. The van der Waals surface area contributed by atoms with Gasteiger partial charge in [-0.15, -0.1) is 0 Å². The zero-order valence-electron chi connectivity index (χ0n) is 33.3. The summed E-state index contributed by atoms with van der Waals surface area (Å²) in [5.41, 5.74) is 23.2. The van der Waals surface area contributed by atoms with Crippen LogP contribution in [0.4, 0.5) is 0 Å². The van der Waals surface area contributed by atoms with Gasteiger partial charge in [-0.3, -0.25) is 0 Å². The first-order chi connectivity index (χ1) is 24.9. The fourth-order valence-electron chi connectivity index (χ4n) is 9.01. The SMILES string of the molecule is CCCCCCc1c2nc(cc3[nH]c(c(CC)c3CC)c(CCCC#N)c3[nH]c(cc4nc1C(CC)=C4CC)c(CC)c3CC)C(CC)=C2CC. The van der Waals surface area contributed by atoms with Crippen molar-refractivity contribution in [3.05, 3.63) is 68.3 Å². The summed E-state index contributed by atoms with van der Waals surface area (Å²) in [6.45, 7) is 20.6. The molecule has 0 saturated carbocycles. The summed E-state index contributed by atoms with van der Waals surface area (Å²) in [5.74, 6) is 0. The Hall–Kier alpha value is -3.91. The van der Waals surface area contributed by atoms with Gasteiger partial charge in [0.05, 0.1) is 28.8 Å². The van der Waals surface area contributed by atoms with Crippen molar-refractivity contribution >= 4 is 44.4 Å². The Morgan fingerprint density at radius 1 is 0.490 bits per heavy atom. The lowest BCUT2D eigenvalue weighted by molar-refractivity contribution is 0.664. The minimum Gasteiger partial charge on any atom is -0.355 e. The number of allylic oxidation sites excluding steroid dienone is 4. The minimum absolute atomic E-state index is 0.546. The van der Waals surface area contributed by atoms with Crippen molar-refractivity contribution in [1.82, 2.24) is 19.9 Å². The molecule has 3 aromatic heterocycles. The summed E-state index contributed by atoms with van der Waals surface area (Å²) in [7, 11) is 0. The Morgan fingerprint density at radius 2 is 0.941 bits per heavy atom. The lowest BCUT2D eigenvalue weighted by atomic mass is 9.91. The molecule has 0 atom stereocenters. The number of hydrogen-bond donors (Lipinski definition) is 2. The van der Waals surface area contributed by atoms with Crippen LogP contribution in [0.15, 0.2) is 12.1 Å². The van der Waals surface area contributed by atoms with Gasteiger partial charge in [0.1, 0.15) is 0 Å². The van der Waals surface area contributed by atoms with Gasteiger partial charge in [-0.25, -0.2) is 9.97 Å². The first-order valence-corrected chi connectivity index (χ1v) is 20.5. The summed E-state index contributed by atoms with van der Waals surface area (Å²) < 4.78 is 0. The molecule has 2 aliphatic heterocycles. The van der Waals surface area contributed by atoms with Crippen molar-refractivity contribution in [2.24, 2.45) is 0 Å². The summed E-state index contributed by atoms with van der Waals surface area (Å²) >= 11 is 0. The molecule has 0 radical (unpaired) electrons. The molecule has 0 fully saturated rings. The molecule has 5 heteroatoms. The fraction of sp³-hybridized carbons (Fsp3) is 0.543. The normalized spacial score (nSPS) is 13.1. The first-order valence-electron chi connectivity index (χ1n) is 20.5. The maximum Gasteiger partial charge on any atom is 0.0726 e. The molecule has 5 heterocycles. The third kappa shape index (κ3) is 7.26. The highest BCUT2D eigenvalue weighted by molar-refractivity contribution is 5.98. The average molecular weight is 686 g/mol. The predicted molar refractivity (Wildman–Crippen MR) is 220 cm³/mol. The van der Waals surface area contributed by atoms with Crippen LogP contribution in [-0.2, 0) is 38.5 Å². The van der Waals surface area contributed by atoms with Gasteiger partial charge in [0.15, 0.2) is 0 Å². The lowest BCUT2D eigenvalue weighted by Crippen LogP contribution is -2.00. The molecule has 8 bridgehead atoms. The van der Waals surface area contributed by atoms with Gasteiger partial charge >= 0.3 is 0 Å². The Kier molecular flexibility index (Phi) is 13.2. The highest BCUT2D eigenvalue weighted by Crippen LogP contribution is 2.42. The number of fused-ring (bicyclic) bond motifs is 8. The molecular weight excluding hydrogens is 623 g/mol. The van der Waals surface area contributed by atoms with Gasteiger partial charge < -0.3 is 9.97 Å². The molecule has 272 valence electrons. The van der Waals surface area contributed by atoms with Crippen molar-refractivity contribution in [1.29, 1.82) is 5.26 Å². The number of aromatic nitrogens is 4. The Bertz CT molecular complexity index is 1880. The number of nitrogens with zero attached hydrogens (tertiary/aromatic N) is 3. The van der Waals surface area contributed by atoms with Crippen LogP contribution in [0.3, 0.4) is 0 Å². The number of aromatic amines is 2. The van der Waals surface area contributed by atoms with E-state index < -0.39 is 0 Å². The van der Waals surface area contributed by atoms with Crippen molar-refractivity contribution in [3.8, 4) is 6.07 Å². The van der Waals surface area contributed by atoms with Crippen LogP contribution < -0.4 is 0 Å². The van der Waals surface area contributed by atoms with E-state index in [0.29, 0.717) is 6.42 Å². The quantitative estimate of drug-likeness (QED) is 0.147. The van der Waals surface area contributed by atoms with Gasteiger partial charge in [0, 0.05) is 34.1 Å². The van der Waals surface area contributed by atoms with E-state index in [1.165, 1.54) is 108 Å². The van der Waals surface area contributed by atoms with Crippen molar-refractivity contribution in [3.63, 3.8) is 0 Å². The number of H-pyrrole nitrogens is 2. The molecule has 2 aliphatic rings. The smallest absolute Gasteiger partial charge is 0.0726 e. The molecule has 0 amide bonds. The maximum absolute atomic E-state index is 9.58. The van der Waals surface area contributed by atoms with E-state index in [2.05, 4.69) is 90.5 Å². The minimum atomic E-state index is 0.546. The second-order valence-electron chi connectivity index (χ2n) is 14.2. The van der Waals surface area contributed by atoms with Crippen LogP contribution in [0, 0.1) is 11.3 Å². The zero-order chi connectivity index (χ0) is 36.7. The predicted octanol–water partition coefficient (Wildman–Crippen LogP) is 13.0. The Labute approximate surface area is 308 Å². The fourth-order valence-corrected chi connectivity index (χ4v) is 9.01. The molecule has 51 heavy (non-hydrogen) atoms. The number of hydrogen-bond acceptors (Lipinski definition) is 3. The summed E-state index contributed by atoms with van der Waals surface area (Å²) in [5, 5.41) is 9.58. The zero-order valence-corrected chi connectivity index (χ0v) is 33.3. The summed E-state index contributed by atoms with van der Waals surface area (Å²) in [4.78, 5) is 19.3. The number of aryl methyl sites for hydroxylation is 5. The van der Waals surface area contributed by atoms with Gasteiger partial charge in [0.2, 0.25) is 0 Å². The van der Waals surface area contributed by atoms with Crippen LogP contribution in [0.2, 0.25) is 0 Å². The van der Waals surface area contributed by atoms with Crippen molar-refractivity contribution in [2.75, 3.05) is 0 Å². The lowest BCUT2D eigenvalue weighted by Gasteiger charge is -2.12. The highest BCUT2D eigenvalue weighted by atomic mass is 14.8. The molecule has 0 saturated heterocycles. The summed E-state index contributed by atoms with van der Waals surface area (Å²) in [6, 6.07) is 7.14. The van der Waals surface area contributed by atoms with Gasteiger partial charge in [-0.1, -0.05) is 81.6 Å². The van der Waals surface area contributed by atoms with E-state index in [0.717, 1.165) is 88.4 Å². The van der Waals surface area contributed by atoms with E-state index >= 15 is 0 Å². The molecule has 0 spiro atoms. The highest BCUT2D eigenvalue weighted by Gasteiger charge is 2.27. The Morgan fingerprint density at radius 3 is 1.33 bits per heavy atom. The number of nitriles is 1. The second kappa shape index (κ2) is 17.5. The third-order valence-electron chi connectivity index (χ3n) is 11.4. The molecule has 5 nitrogen and oxygen atoms in total. The van der Waals surface area contributed by atoms with Gasteiger partial charge in [-0.2, -0.15) is 5.26 Å². The molecule has 2 N–H and O–H groups in total. The largest absolute Gasteiger partial charge is 0.355 e. The van der Waals surface area contributed by atoms with Crippen molar-refractivity contribution < 1.29 is 0 Å². The molecule has 0 aliphatic carbocycles. The molecule has 0 unspecified atom stereocenters. The van der Waals surface area contributed by atoms with Crippen LogP contribution in [0.5, 0.6) is 0 Å². The van der Waals surface area contributed by atoms with Crippen LogP contribution in [-0.4, -0.2) is 19.9 Å². The van der Waals surface area contributed by atoms with E-state index in [1.54, 1.807) is 0 Å². The molecule has 0 aromatic carbocycles. The number of unbranched alkanes of at least 4 members (excludes halogenated alkanes) is 4. The van der Waals surface area contributed by atoms with Crippen LogP contribution in [0.1, 0.15) is 183 Å². The Balaban J connectivity index is 2.08. The number of rotatable bonds is 16. The van der Waals surface area contributed by atoms with E-state index in [9.17, 15) is 5.26 Å². The van der Waals surface area contributed by atoms with Gasteiger partial charge in [-0.05, 0) is 139 Å². The maximum atomic E-state index is 9.58. The van der Waals surface area contributed by atoms with E-state index in [1.807, 2.05) is 0 Å². The van der Waals surface area contributed by atoms with Crippen LogP contribution in [0.25, 0.3) is 44.4 Å². The van der Waals surface area contributed by atoms with E-state index in [4.69, 9.17) is 9.97 Å². The number of nitrogens with one attached hydrogen (secondary N) is 2. The summed E-state index contributed by atoms with van der Waals surface area (Å²) in [6.07, 6.45) is 15.7. The first kappa shape index (κ1) is 38.3. The molecule has 3 aromatic rings. The average Bonchev–Trinajstić information content (AvgIpc) is 3.89. The third-order valence-corrected chi connectivity index (χ3v) is 11.4. The topological polar surface area (TPSA) is 81.1 Å². The van der Waals surface area contributed by atoms with Crippen molar-refractivity contribution in [2.45, 2.75) is 165 Å². The van der Waals surface area contributed by atoms with Gasteiger partial charge in [0.25, 0.3) is 0 Å².